The van der Waals surface area contributed by atoms with Gasteiger partial charge >= 0.3 is 0 Å². The molecule has 0 saturated carbocycles. The zero-order valence-corrected chi connectivity index (χ0v) is 13.7. The van der Waals surface area contributed by atoms with E-state index in [0.29, 0.717) is 5.13 Å². The van der Waals surface area contributed by atoms with E-state index in [1.807, 2.05) is 5.38 Å². The molecule has 0 spiro atoms. The summed E-state index contributed by atoms with van der Waals surface area (Å²) in [6.45, 7) is 7.08. The molecule has 2 aliphatic heterocycles. The number of thiazole rings is 1. The van der Waals surface area contributed by atoms with Crippen molar-refractivity contribution < 1.29 is 4.79 Å². The Hall–Kier alpha value is -0.400. The Labute approximate surface area is 135 Å². The number of anilines is 1. The Morgan fingerprint density at radius 1 is 1.45 bits per heavy atom. The first kappa shape index (κ1) is 17.7. The SMILES string of the molecule is CC(=O)Nc1nc(CN2C[C@H]3CNC[C@H]3C2)cs1.Cl.Cl. The van der Waals surface area contributed by atoms with E-state index in [0.717, 1.165) is 37.2 Å². The van der Waals surface area contributed by atoms with Crippen molar-refractivity contribution in [2.24, 2.45) is 11.8 Å². The van der Waals surface area contributed by atoms with E-state index in [9.17, 15) is 4.79 Å². The number of carbonyl (C=O) groups excluding carboxylic acids is 1. The quantitative estimate of drug-likeness (QED) is 0.878. The number of nitrogens with zero attached hydrogens (tertiary/aromatic N) is 2. The van der Waals surface area contributed by atoms with Crippen LogP contribution in [0.25, 0.3) is 0 Å². The summed E-state index contributed by atoms with van der Waals surface area (Å²) in [4.78, 5) is 17.8. The van der Waals surface area contributed by atoms with Gasteiger partial charge in [-0.05, 0) is 24.9 Å². The predicted octanol–water partition coefficient (Wildman–Crippen LogP) is 1.60. The van der Waals surface area contributed by atoms with Crippen LogP contribution in [0.4, 0.5) is 5.13 Å². The summed E-state index contributed by atoms with van der Waals surface area (Å²) < 4.78 is 0. The van der Waals surface area contributed by atoms with Crippen molar-refractivity contribution in [1.82, 2.24) is 15.2 Å². The van der Waals surface area contributed by atoms with Crippen molar-refractivity contribution >= 4 is 47.2 Å². The molecule has 0 radical (unpaired) electrons. The van der Waals surface area contributed by atoms with Crippen LogP contribution in [-0.4, -0.2) is 42.0 Å². The van der Waals surface area contributed by atoms with Gasteiger partial charge < -0.3 is 10.6 Å². The molecule has 0 bridgehead atoms. The summed E-state index contributed by atoms with van der Waals surface area (Å²) in [5, 5.41) is 8.92. The number of aromatic nitrogens is 1. The maximum atomic E-state index is 10.9. The van der Waals surface area contributed by atoms with E-state index in [2.05, 4.69) is 20.5 Å². The lowest BCUT2D eigenvalue weighted by atomic mass is 10.0. The molecular weight excluding hydrogens is 319 g/mol. The number of amides is 1. The van der Waals surface area contributed by atoms with Crippen LogP contribution in [0.5, 0.6) is 0 Å². The largest absolute Gasteiger partial charge is 0.316 e. The van der Waals surface area contributed by atoms with Gasteiger partial charge in [0.15, 0.2) is 5.13 Å². The second kappa shape index (κ2) is 7.56. The fourth-order valence-electron chi connectivity index (χ4n) is 2.90. The Balaban J connectivity index is 0.000001000. The third-order valence-corrected chi connectivity index (χ3v) is 4.49. The number of nitrogens with one attached hydrogen (secondary N) is 2. The molecule has 2 atom stereocenters. The summed E-state index contributed by atoms with van der Waals surface area (Å²) >= 11 is 1.50. The number of likely N-dealkylation sites (tertiary alicyclic amines) is 1. The molecule has 0 aromatic carbocycles. The lowest BCUT2D eigenvalue weighted by molar-refractivity contribution is -0.114. The van der Waals surface area contributed by atoms with Gasteiger partial charge in [0.05, 0.1) is 5.69 Å². The number of rotatable bonds is 3. The fraction of sp³-hybridized carbons (Fsp3) is 0.667. The first-order chi connectivity index (χ1) is 8.70. The van der Waals surface area contributed by atoms with Crippen LogP contribution in [-0.2, 0) is 11.3 Å². The van der Waals surface area contributed by atoms with Gasteiger partial charge in [-0.25, -0.2) is 4.98 Å². The van der Waals surface area contributed by atoms with Crippen LogP contribution < -0.4 is 10.6 Å². The average Bonchev–Trinajstić information content (AvgIpc) is 2.93. The molecule has 2 N–H and O–H groups in total. The van der Waals surface area contributed by atoms with Crippen LogP contribution in [0.2, 0.25) is 0 Å². The fourth-order valence-corrected chi connectivity index (χ4v) is 3.65. The van der Waals surface area contributed by atoms with Gasteiger partial charge in [-0.1, -0.05) is 0 Å². The molecule has 1 aromatic rings. The topological polar surface area (TPSA) is 57.3 Å². The molecule has 2 fully saturated rings. The highest BCUT2D eigenvalue weighted by Gasteiger charge is 2.35. The normalized spacial score (nSPS) is 24.6. The van der Waals surface area contributed by atoms with Gasteiger partial charge in [-0.15, -0.1) is 36.2 Å². The van der Waals surface area contributed by atoms with Gasteiger partial charge in [0.25, 0.3) is 0 Å². The number of hydrogen-bond acceptors (Lipinski definition) is 5. The highest BCUT2D eigenvalue weighted by atomic mass is 35.5. The molecule has 5 nitrogen and oxygen atoms in total. The Morgan fingerprint density at radius 3 is 2.70 bits per heavy atom. The molecule has 8 heteroatoms. The van der Waals surface area contributed by atoms with E-state index >= 15 is 0 Å². The van der Waals surface area contributed by atoms with Crippen LogP contribution in [0, 0.1) is 11.8 Å². The first-order valence-corrected chi connectivity index (χ1v) is 7.24. The number of fused-ring (bicyclic) bond motifs is 1. The smallest absolute Gasteiger partial charge is 0.223 e. The summed E-state index contributed by atoms with van der Waals surface area (Å²) in [5.41, 5.74) is 1.07. The van der Waals surface area contributed by atoms with E-state index in [4.69, 9.17) is 0 Å². The second-order valence-corrected chi connectivity index (χ2v) is 6.06. The minimum atomic E-state index is -0.0577. The van der Waals surface area contributed by atoms with E-state index in [1.165, 1.54) is 31.4 Å². The van der Waals surface area contributed by atoms with E-state index in [-0.39, 0.29) is 30.7 Å². The molecule has 3 rings (SSSR count). The highest BCUT2D eigenvalue weighted by Crippen LogP contribution is 2.28. The summed E-state index contributed by atoms with van der Waals surface area (Å²) in [5.74, 6) is 1.58. The minimum absolute atomic E-state index is 0. The van der Waals surface area contributed by atoms with Crippen molar-refractivity contribution in [2.45, 2.75) is 13.5 Å². The Morgan fingerprint density at radius 2 is 2.10 bits per heavy atom. The maximum Gasteiger partial charge on any atom is 0.223 e. The summed E-state index contributed by atoms with van der Waals surface area (Å²) in [7, 11) is 0. The second-order valence-electron chi connectivity index (χ2n) is 5.20. The van der Waals surface area contributed by atoms with Crippen LogP contribution in [0.1, 0.15) is 12.6 Å². The van der Waals surface area contributed by atoms with Gasteiger partial charge in [0, 0.05) is 31.9 Å². The van der Waals surface area contributed by atoms with Crippen LogP contribution in [0.3, 0.4) is 0 Å². The third kappa shape index (κ3) is 4.05. The third-order valence-electron chi connectivity index (χ3n) is 3.69. The number of carbonyl (C=O) groups is 1. The van der Waals surface area contributed by atoms with Gasteiger partial charge in [0.1, 0.15) is 0 Å². The van der Waals surface area contributed by atoms with Crippen molar-refractivity contribution in [3.05, 3.63) is 11.1 Å². The highest BCUT2D eigenvalue weighted by molar-refractivity contribution is 7.13. The van der Waals surface area contributed by atoms with Gasteiger partial charge in [-0.2, -0.15) is 0 Å². The molecule has 0 unspecified atom stereocenters. The standard InChI is InChI=1S/C12H18N4OS.2ClH/c1-8(17)14-12-15-11(7-18-12)6-16-4-9-2-13-3-10(9)5-16;;/h7,9-10,13H,2-6H2,1H3,(H,14,15,17);2*1H/t9-,10+;;. The zero-order chi connectivity index (χ0) is 12.5. The first-order valence-electron chi connectivity index (χ1n) is 6.36. The molecular formula is C12H20Cl2N4OS. The van der Waals surface area contributed by atoms with E-state index in [1.54, 1.807) is 0 Å². The molecule has 1 aromatic heterocycles. The molecule has 114 valence electrons. The molecule has 1 amide bonds. The number of hydrogen-bond donors (Lipinski definition) is 2. The molecule has 2 aliphatic rings. The van der Waals surface area contributed by atoms with Crippen molar-refractivity contribution in [3.63, 3.8) is 0 Å². The van der Waals surface area contributed by atoms with E-state index < -0.39 is 0 Å². The van der Waals surface area contributed by atoms with Gasteiger partial charge in [0.2, 0.25) is 5.91 Å². The Bertz CT molecular complexity index is 444. The van der Waals surface area contributed by atoms with Crippen LogP contribution >= 0.6 is 36.2 Å². The van der Waals surface area contributed by atoms with Gasteiger partial charge in [-0.3, -0.25) is 9.69 Å². The molecule has 0 aliphatic carbocycles. The maximum absolute atomic E-state index is 10.9. The average molecular weight is 339 g/mol. The summed E-state index contributed by atoms with van der Waals surface area (Å²) in [6.07, 6.45) is 0. The van der Waals surface area contributed by atoms with Crippen LogP contribution in [0.15, 0.2) is 5.38 Å². The minimum Gasteiger partial charge on any atom is -0.316 e. The predicted molar refractivity (Wildman–Crippen MR) is 86.0 cm³/mol. The molecule has 2 saturated heterocycles. The van der Waals surface area contributed by atoms with Crippen molar-refractivity contribution in [2.75, 3.05) is 31.5 Å². The van der Waals surface area contributed by atoms with Crippen molar-refractivity contribution in [1.29, 1.82) is 0 Å². The lowest BCUT2D eigenvalue weighted by Gasteiger charge is -2.14. The molecule has 20 heavy (non-hydrogen) atoms. The zero-order valence-electron chi connectivity index (χ0n) is 11.3. The van der Waals surface area contributed by atoms with Crippen molar-refractivity contribution in [3.8, 4) is 0 Å². The summed E-state index contributed by atoms with van der Waals surface area (Å²) in [6, 6.07) is 0. The number of halogens is 2. The lowest BCUT2D eigenvalue weighted by Crippen LogP contribution is -2.25. The Kier molecular flexibility index (Phi) is 6.68. The monoisotopic (exact) mass is 338 g/mol. The molecule has 3 heterocycles.